The highest BCUT2D eigenvalue weighted by molar-refractivity contribution is 7.10. The Bertz CT molecular complexity index is 382. The average Bonchev–Trinajstić information content (AvgIpc) is 3.00. The summed E-state index contributed by atoms with van der Waals surface area (Å²) in [5, 5.41) is 15.7. The van der Waals surface area contributed by atoms with E-state index in [1.54, 1.807) is 11.3 Å². The normalized spacial score (nSPS) is 25.7. The van der Waals surface area contributed by atoms with Gasteiger partial charge in [0.05, 0.1) is 18.8 Å². The topological polar surface area (TPSA) is 41.5 Å². The van der Waals surface area contributed by atoms with Crippen LogP contribution in [0.3, 0.4) is 0 Å². The molecule has 4 unspecified atom stereocenters. The van der Waals surface area contributed by atoms with E-state index in [4.69, 9.17) is 4.74 Å². The van der Waals surface area contributed by atoms with Crippen LogP contribution in [0.1, 0.15) is 56.9 Å². The molecule has 120 valence electrons. The van der Waals surface area contributed by atoms with Crippen molar-refractivity contribution >= 4 is 11.3 Å². The Balaban J connectivity index is 1.66. The molecule has 1 aromatic heterocycles. The maximum atomic E-state index is 10.1. The number of rotatable bonds is 8. The molecule has 1 fully saturated rings. The molecule has 0 radical (unpaired) electrons. The molecule has 1 saturated carbocycles. The molecule has 0 aromatic carbocycles. The van der Waals surface area contributed by atoms with Gasteiger partial charge in [0.15, 0.2) is 0 Å². The summed E-state index contributed by atoms with van der Waals surface area (Å²) >= 11 is 1.77. The van der Waals surface area contributed by atoms with Crippen LogP contribution in [-0.4, -0.2) is 30.5 Å². The first-order valence-electron chi connectivity index (χ1n) is 8.25. The molecule has 1 heterocycles. The van der Waals surface area contributed by atoms with Crippen LogP contribution < -0.4 is 5.32 Å². The van der Waals surface area contributed by atoms with E-state index in [1.807, 2.05) is 0 Å². The van der Waals surface area contributed by atoms with Crippen molar-refractivity contribution in [2.75, 3.05) is 13.2 Å². The van der Waals surface area contributed by atoms with Crippen molar-refractivity contribution in [3.63, 3.8) is 0 Å². The van der Waals surface area contributed by atoms with E-state index in [0.29, 0.717) is 25.3 Å². The Labute approximate surface area is 132 Å². The lowest BCUT2D eigenvalue weighted by molar-refractivity contribution is -0.0312. The second kappa shape index (κ2) is 8.89. The molecule has 4 atom stereocenters. The number of hydrogen-bond acceptors (Lipinski definition) is 4. The number of aliphatic hydroxyl groups is 1. The number of nitrogens with one attached hydrogen (secondary N) is 1. The molecule has 1 aliphatic carbocycles. The predicted octanol–water partition coefficient (Wildman–Crippen LogP) is 3.75. The van der Waals surface area contributed by atoms with Crippen LogP contribution in [0.2, 0.25) is 0 Å². The SMILES string of the molecule is CCC(NCC(O)COC1CCCC(C)C1)c1cccs1. The van der Waals surface area contributed by atoms with Crippen LogP contribution >= 0.6 is 11.3 Å². The second-order valence-electron chi connectivity index (χ2n) is 6.27. The van der Waals surface area contributed by atoms with Crippen LogP contribution in [0.15, 0.2) is 17.5 Å². The number of thiophene rings is 1. The van der Waals surface area contributed by atoms with Crippen molar-refractivity contribution in [1.29, 1.82) is 0 Å². The maximum Gasteiger partial charge on any atom is 0.0898 e. The molecule has 0 aliphatic heterocycles. The molecular formula is C17H29NO2S. The first-order chi connectivity index (χ1) is 10.2. The van der Waals surface area contributed by atoms with E-state index < -0.39 is 6.10 Å². The Morgan fingerprint density at radius 2 is 2.33 bits per heavy atom. The molecule has 3 nitrogen and oxygen atoms in total. The van der Waals surface area contributed by atoms with Crippen LogP contribution in [0, 0.1) is 5.92 Å². The minimum atomic E-state index is -0.420. The Kier molecular flexibility index (Phi) is 7.17. The van der Waals surface area contributed by atoms with E-state index in [9.17, 15) is 5.11 Å². The molecule has 2 N–H and O–H groups in total. The van der Waals surface area contributed by atoms with Gasteiger partial charge in [-0.2, -0.15) is 0 Å². The van der Waals surface area contributed by atoms with Crippen LogP contribution in [0.4, 0.5) is 0 Å². The highest BCUT2D eigenvalue weighted by Crippen LogP contribution is 2.26. The number of aliphatic hydroxyl groups excluding tert-OH is 1. The number of hydrogen-bond donors (Lipinski definition) is 2. The third-order valence-electron chi connectivity index (χ3n) is 4.31. The van der Waals surface area contributed by atoms with Crippen molar-refractivity contribution < 1.29 is 9.84 Å². The van der Waals surface area contributed by atoms with E-state index in [-0.39, 0.29) is 0 Å². The van der Waals surface area contributed by atoms with Gasteiger partial charge in [0.25, 0.3) is 0 Å². The van der Waals surface area contributed by atoms with Gasteiger partial charge >= 0.3 is 0 Å². The van der Waals surface area contributed by atoms with Crippen LogP contribution in [0.5, 0.6) is 0 Å². The van der Waals surface area contributed by atoms with Crippen molar-refractivity contribution in [2.24, 2.45) is 5.92 Å². The summed E-state index contributed by atoms with van der Waals surface area (Å²) in [6, 6.07) is 4.57. The zero-order valence-corrected chi connectivity index (χ0v) is 14.1. The summed E-state index contributed by atoms with van der Waals surface area (Å²) in [4.78, 5) is 1.34. The summed E-state index contributed by atoms with van der Waals surface area (Å²) in [7, 11) is 0. The molecule has 0 saturated heterocycles. The molecule has 0 spiro atoms. The van der Waals surface area contributed by atoms with Gasteiger partial charge in [0, 0.05) is 17.5 Å². The van der Waals surface area contributed by atoms with Crippen LogP contribution in [-0.2, 0) is 4.74 Å². The first-order valence-corrected chi connectivity index (χ1v) is 9.13. The van der Waals surface area contributed by atoms with Gasteiger partial charge in [0.1, 0.15) is 0 Å². The van der Waals surface area contributed by atoms with Gasteiger partial charge in [-0.15, -0.1) is 11.3 Å². The summed E-state index contributed by atoms with van der Waals surface area (Å²) in [6.07, 6.45) is 5.84. The van der Waals surface area contributed by atoms with Crippen LogP contribution in [0.25, 0.3) is 0 Å². The highest BCUT2D eigenvalue weighted by Gasteiger charge is 2.20. The maximum absolute atomic E-state index is 10.1. The lowest BCUT2D eigenvalue weighted by Gasteiger charge is -2.28. The molecule has 1 aliphatic rings. The predicted molar refractivity (Wildman–Crippen MR) is 88.7 cm³/mol. The molecule has 1 aromatic rings. The lowest BCUT2D eigenvalue weighted by Crippen LogP contribution is -2.34. The van der Waals surface area contributed by atoms with Crippen molar-refractivity contribution in [3.05, 3.63) is 22.4 Å². The van der Waals surface area contributed by atoms with Gasteiger partial charge in [0.2, 0.25) is 0 Å². The standard InChI is InChI=1S/C17H29NO2S/c1-3-16(17-8-5-9-21-17)18-11-14(19)12-20-15-7-4-6-13(2)10-15/h5,8-9,13-16,18-19H,3-4,6-7,10-12H2,1-2H3. The van der Waals surface area contributed by atoms with Gasteiger partial charge in [-0.1, -0.05) is 32.8 Å². The minimum absolute atomic E-state index is 0.342. The van der Waals surface area contributed by atoms with Gasteiger partial charge in [-0.25, -0.2) is 0 Å². The fourth-order valence-electron chi connectivity index (χ4n) is 3.05. The second-order valence-corrected chi connectivity index (χ2v) is 7.24. The lowest BCUT2D eigenvalue weighted by atomic mass is 9.89. The van der Waals surface area contributed by atoms with E-state index >= 15 is 0 Å². The third kappa shape index (κ3) is 5.70. The summed E-state index contributed by atoms with van der Waals surface area (Å²) < 4.78 is 5.88. The van der Waals surface area contributed by atoms with E-state index in [0.717, 1.165) is 25.2 Å². The molecule has 21 heavy (non-hydrogen) atoms. The molecule has 2 rings (SSSR count). The number of ether oxygens (including phenoxy) is 1. The quantitative estimate of drug-likeness (QED) is 0.768. The summed E-state index contributed by atoms with van der Waals surface area (Å²) in [5.41, 5.74) is 0. The van der Waals surface area contributed by atoms with Crippen molar-refractivity contribution in [1.82, 2.24) is 5.32 Å². The third-order valence-corrected chi connectivity index (χ3v) is 5.29. The van der Waals surface area contributed by atoms with Gasteiger partial charge in [-0.05, 0) is 36.6 Å². The van der Waals surface area contributed by atoms with Gasteiger partial charge in [-0.3, -0.25) is 0 Å². The summed E-state index contributed by atoms with van der Waals surface area (Å²) in [5.74, 6) is 0.766. The Hall–Kier alpha value is -0.420. The first kappa shape index (κ1) is 16.9. The van der Waals surface area contributed by atoms with E-state index in [2.05, 4.69) is 36.7 Å². The monoisotopic (exact) mass is 311 g/mol. The Morgan fingerprint density at radius 3 is 3.00 bits per heavy atom. The highest BCUT2D eigenvalue weighted by atomic mass is 32.1. The Morgan fingerprint density at radius 1 is 1.48 bits per heavy atom. The van der Waals surface area contributed by atoms with Crippen molar-refractivity contribution in [2.45, 2.75) is 64.2 Å². The minimum Gasteiger partial charge on any atom is -0.389 e. The zero-order chi connectivity index (χ0) is 15.1. The molecule has 0 bridgehead atoms. The smallest absolute Gasteiger partial charge is 0.0898 e. The van der Waals surface area contributed by atoms with Crippen molar-refractivity contribution in [3.8, 4) is 0 Å². The fourth-order valence-corrected chi connectivity index (χ4v) is 3.94. The molecule has 0 amide bonds. The van der Waals surface area contributed by atoms with E-state index in [1.165, 1.54) is 17.7 Å². The fraction of sp³-hybridized carbons (Fsp3) is 0.765. The zero-order valence-electron chi connectivity index (χ0n) is 13.3. The molecule has 4 heteroatoms. The molecular weight excluding hydrogens is 282 g/mol. The average molecular weight is 311 g/mol. The summed E-state index contributed by atoms with van der Waals surface area (Å²) in [6.45, 7) is 5.51. The van der Waals surface area contributed by atoms with Gasteiger partial charge < -0.3 is 15.2 Å². The largest absolute Gasteiger partial charge is 0.389 e.